The molecule has 0 bridgehead atoms. The molecule has 0 saturated heterocycles. The fourth-order valence-electron chi connectivity index (χ4n) is 1.30. The van der Waals surface area contributed by atoms with Crippen molar-refractivity contribution in [2.24, 2.45) is 5.10 Å². The van der Waals surface area contributed by atoms with Crippen molar-refractivity contribution >= 4 is 6.21 Å². The predicted octanol–water partition coefficient (Wildman–Crippen LogP) is 1.48. The summed E-state index contributed by atoms with van der Waals surface area (Å²) < 4.78 is 6.82. The first kappa shape index (κ1) is 10.4. The lowest BCUT2D eigenvalue weighted by molar-refractivity contribution is 0.414. The van der Waals surface area contributed by atoms with Crippen molar-refractivity contribution in [3.05, 3.63) is 42.0 Å². The minimum Gasteiger partial charge on any atom is -0.496 e. The quantitative estimate of drug-likeness (QED) is 0.730. The minimum absolute atomic E-state index is 0.742. The van der Waals surface area contributed by atoms with Gasteiger partial charge in [0.25, 0.3) is 0 Å². The third-order valence-corrected chi connectivity index (χ3v) is 2.16. The lowest BCUT2D eigenvalue weighted by Gasteiger charge is -2.02. The first-order valence-corrected chi connectivity index (χ1v) is 4.85. The molecular formula is C11H12N4O. The van der Waals surface area contributed by atoms with Gasteiger partial charge in [0.05, 0.1) is 13.3 Å². The molecule has 0 aliphatic heterocycles. The third-order valence-electron chi connectivity index (χ3n) is 2.16. The van der Waals surface area contributed by atoms with Gasteiger partial charge >= 0.3 is 0 Å². The standard InChI is InChI=1S/C11H12N4O/c1-9-14-12-8-15(9)13-7-10-5-3-4-6-11(10)16-2/h3-8H,1-2H3. The van der Waals surface area contributed by atoms with Crippen molar-refractivity contribution in [1.82, 2.24) is 14.9 Å². The van der Waals surface area contributed by atoms with E-state index in [2.05, 4.69) is 15.3 Å². The Morgan fingerprint density at radius 3 is 2.88 bits per heavy atom. The molecule has 5 heteroatoms. The van der Waals surface area contributed by atoms with Crippen LogP contribution in [0.5, 0.6) is 5.75 Å². The Morgan fingerprint density at radius 1 is 1.38 bits per heavy atom. The second-order valence-corrected chi connectivity index (χ2v) is 3.21. The molecular weight excluding hydrogens is 204 g/mol. The summed E-state index contributed by atoms with van der Waals surface area (Å²) in [6, 6.07) is 7.67. The maximum absolute atomic E-state index is 5.21. The van der Waals surface area contributed by atoms with Crippen molar-refractivity contribution in [3.63, 3.8) is 0 Å². The summed E-state index contributed by atoms with van der Waals surface area (Å²) in [7, 11) is 1.64. The molecule has 1 aromatic heterocycles. The zero-order chi connectivity index (χ0) is 11.4. The first-order chi connectivity index (χ1) is 7.81. The van der Waals surface area contributed by atoms with Crippen molar-refractivity contribution < 1.29 is 4.74 Å². The summed E-state index contributed by atoms with van der Waals surface area (Å²) in [5, 5.41) is 11.8. The molecule has 0 radical (unpaired) electrons. The second-order valence-electron chi connectivity index (χ2n) is 3.21. The van der Waals surface area contributed by atoms with Crippen LogP contribution in [0.15, 0.2) is 35.7 Å². The van der Waals surface area contributed by atoms with Crippen LogP contribution in [0.2, 0.25) is 0 Å². The molecule has 1 aromatic carbocycles. The van der Waals surface area contributed by atoms with E-state index in [9.17, 15) is 0 Å². The number of hydrogen-bond donors (Lipinski definition) is 0. The van der Waals surface area contributed by atoms with E-state index in [4.69, 9.17) is 4.74 Å². The van der Waals surface area contributed by atoms with Crippen LogP contribution < -0.4 is 4.74 Å². The lowest BCUT2D eigenvalue weighted by atomic mass is 10.2. The number of ether oxygens (including phenoxy) is 1. The van der Waals surface area contributed by atoms with Crippen molar-refractivity contribution in [2.45, 2.75) is 6.92 Å². The Balaban J connectivity index is 2.27. The van der Waals surface area contributed by atoms with E-state index in [-0.39, 0.29) is 0 Å². The molecule has 16 heavy (non-hydrogen) atoms. The van der Waals surface area contributed by atoms with E-state index in [1.165, 1.54) is 0 Å². The molecule has 0 saturated carbocycles. The smallest absolute Gasteiger partial charge is 0.151 e. The van der Waals surface area contributed by atoms with Crippen molar-refractivity contribution in [1.29, 1.82) is 0 Å². The van der Waals surface area contributed by atoms with E-state index in [0.29, 0.717) is 0 Å². The van der Waals surface area contributed by atoms with Gasteiger partial charge in [0.2, 0.25) is 0 Å². The van der Waals surface area contributed by atoms with Crippen LogP contribution in [0.4, 0.5) is 0 Å². The Bertz CT molecular complexity index is 504. The molecule has 2 rings (SSSR count). The Morgan fingerprint density at radius 2 is 2.19 bits per heavy atom. The lowest BCUT2D eigenvalue weighted by Crippen LogP contribution is -1.94. The van der Waals surface area contributed by atoms with Gasteiger partial charge in [0.1, 0.15) is 12.1 Å². The van der Waals surface area contributed by atoms with Gasteiger partial charge in [-0.15, -0.1) is 10.2 Å². The fourth-order valence-corrected chi connectivity index (χ4v) is 1.30. The van der Waals surface area contributed by atoms with Crippen LogP contribution in [0, 0.1) is 6.92 Å². The molecule has 2 aromatic rings. The monoisotopic (exact) mass is 216 g/mol. The Labute approximate surface area is 93.4 Å². The predicted molar refractivity (Wildman–Crippen MR) is 60.7 cm³/mol. The van der Waals surface area contributed by atoms with Gasteiger partial charge < -0.3 is 4.74 Å². The highest BCUT2D eigenvalue weighted by atomic mass is 16.5. The molecule has 0 aliphatic carbocycles. The average Bonchev–Trinajstić information content (AvgIpc) is 2.72. The van der Waals surface area contributed by atoms with Gasteiger partial charge in [-0.2, -0.15) is 5.10 Å². The molecule has 0 unspecified atom stereocenters. The van der Waals surface area contributed by atoms with E-state index in [1.54, 1.807) is 24.3 Å². The Kier molecular flexibility index (Phi) is 2.95. The van der Waals surface area contributed by atoms with Crippen LogP contribution in [-0.4, -0.2) is 28.2 Å². The van der Waals surface area contributed by atoms with Gasteiger partial charge in [-0.25, -0.2) is 4.68 Å². The van der Waals surface area contributed by atoms with Crippen LogP contribution >= 0.6 is 0 Å². The maximum atomic E-state index is 5.21. The summed E-state index contributed by atoms with van der Waals surface area (Å²) in [6.45, 7) is 1.84. The first-order valence-electron chi connectivity index (χ1n) is 4.85. The summed E-state index contributed by atoms with van der Waals surface area (Å²) in [5.74, 6) is 1.53. The summed E-state index contributed by atoms with van der Waals surface area (Å²) in [5.41, 5.74) is 0.915. The molecule has 0 fully saturated rings. The number of hydrogen-bond acceptors (Lipinski definition) is 4. The zero-order valence-corrected chi connectivity index (χ0v) is 9.16. The number of aromatic nitrogens is 3. The summed E-state index contributed by atoms with van der Waals surface area (Å²) in [4.78, 5) is 0. The number of benzene rings is 1. The van der Waals surface area contributed by atoms with Gasteiger partial charge in [0.15, 0.2) is 5.82 Å². The minimum atomic E-state index is 0.742. The second kappa shape index (κ2) is 4.57. The van der Waals surface area contributed by atoms with Gasteiger partial charge in [-0.3, -0.25) is 0 Å². The maximum Gasteiger partial charge on any atom is 0.151 e. The zero-order valence-electron chi connectivity index (χ0n) is 9.16. The molecule has 0 aliphatic rings. The highest BCUT2D eigenvalue weighted by molar-refractivity contribution is 5.83. The number of rotatable bonds is 3. The molecule has 0 N–H and O–H groups in total. The molecule has 1 heterocycles. The van der Waals surface area contributed by atoms with Crippen LogP contribution in [0.25, 0.3) is 0 Å². The largest absolute Gasteiger partial charge is 0.496 e. The molecule has 0 atom stereocenters. The molecule has 0 amide bonds. The van der Waals surface area contributed by atoms with Gasteiger partial charge in [-0.05, 0) is 19.1 Å². The van der Waals surface area contributed by atoms with Gasteiger partial charge in [-0.1, -0.05) is 12.1 Å². The van der Waals surface area contributed by atoms with Crippen LogP contribution in [-0.2, 0) is 0 Å². The molecule has 82 valence electrons. The number of methoxy groups -OCH3 is 1. The van der Waals surface area contributed by atoms with E-state index in [0.717, 1.165) is 17.1 Å². The highest BCUT2D eigenvalue weighted by Gasteiger charge is 1.98. The van der Waals surface area contributed by atoms with E-state index >= 15 is 0 Å². The SMILES string of the molecule is COc1ccccc1C=Nn1cnnc1C. The van der Waals surface area contributed by atoms with E-state index in [1.807, 2.05) is 31.2 Å². The number of para-hydroxylation sites is 1. The third kappa shape index (κ3) is 2.08. The number of aryl methyl sites for hydroxylation is 1. The fraction of sp³-hybridized carbons (Fsp3) is 0.182. The van der Waals surface area contributed by atoms with Crippen LogP contribution in [0.3, 0.4) is 0 Å². The molecule has 5 nitrogen and oxygen atoms in total. The Hall–Kier alpha value is -2.17. The highest BCUT2D eigenvalue weighted by Crippen LogP contribution is 2.14. The molecule has 0 spiro atoms. The van der Waals surface area contributed by atoms with Crippen molar-refractivity contribution in [3.8, 4) is 5.75 Å². The average molecular weight is 216 g/mol. The normalized spacial score (nSPS) is 10.9. The van der Waals surface area contributed by atoms with Gasteiger partial charge in [0, 0.05) is 5.56 Å². The van der Waals surface area contributed by atoms with E-state index < -0.39 is 0 Å². The van der Waals surface area contributed by atoms with Crippen LogP contribution in [0.1, 0.15) is 11.4 Å². The summed E-state index contributed by atoms with van der Waals surface area (Å²) >= 11 is 0. The summed E-state index contributed by atoms with van der Waals surface area (Å²) in [6.07, 6.45) is 3.27. The van der Waals surface area contributed by atoms with Crippen molar-refractivity contribution in [2.75, 3.05) is 7.11 Å². The number of nitrogens with zero attached hydrogens (tertiary/aromatic N) is 4. The topological polar surface area (TPSA) is 52.3 Å².